The van der Waals surface area contributed by atoms with E-state index in [4.69, 9.17) is 0 Å². The van der Waals surface area contributed by atoms with Crippen LogP contribution in [0, 0.1) is 11.3 Å². The van der Waals surface area contributed by atoms with Crippen LogP contribution in [0.2, 0.25) is 0 Å². The fraction of sp³-hybridized carbons (Fsp3) is 0.625. The van der Waals surface area contributed by atoms with Gasteiger partial charge in [0.1, 0.15) is 0 Å². The molecule has 92 valence electrons. The van der Waals surface area contributed by atoms with Gasteiger partial charge in [0.25, 0.3) is 0 Å². The van der Waals surface area contributed by atoms with Gasteiger partial charge in [-0.05, 0) is 41.7 Å². The molecule has 1 unspecified atom stereocenters. The van der Waals surface area contributed by atoms with Gasteiger partial charge in [0.2, 0.25) is 0 Å². The van der Waals surface area contributed by atoms with Crippen molar-refractivity contribution in [1.29, 1.82) is 0 Å². The van der Waals surface area contributed by atoms with Gasteiger partial charge in [-0.1, -0.05) is 38.1 Å². The van der Waals surface area contributed by atoms with Gasteiger partial charge in [0.15, 0.2) is 0 Å². The van der Waals surface area contributed by atoms with E-state index in [1.165, 1.54) is 32.4 Å². The molecule has 0 radical (unpaired) electrons. The van der Waals surface area contributed by atoms with Gasteiger partial charge in [-0.2, -0.15) is 0 Å². The van der Waals surface area contributed by atoms with Crippen molar-refractivity contribution in [3.05, 3.63) is 35.4 Å². The van der Waals surface area contributed by atoms with Crippen LogP contribution >= 0.6 is 0 Å². The summed E-state index contributed by atoms with van der Waals surface area (Å²) in [6.45, 7) is 7.13. The number of benzene rings is 1. The lowest BCUT2D eigenvalue weighted by Gasteiger charge is -2.31. The molecule has 0 aromatic heterocycles. The molecular weight excluding hydrogens is 206 g/mol. The molecule has 0 amide bonds. The Morgan fingerprint density at radius 2 is 2.06 bits per heavy atom. The molecule has 0 spiro atoms. The lowest BCUT2D eigenvalue weighted by Crippen LogP contribution is -2.34. The number of hydrogen-bond donors (Lipinski definition) is 1. The molecule has 3 rings (SSSR count). The molecule has 0 aliphatic heterocycles. The molecule has 1 atom stereocenters. The quantitative estimate of drug-likeness (QED) is 0.816. The van der Waals surface area contributed by atoms with Crippen LogP contribution in [0.1, 0.15) is 43.7 Å². The Bertz CT molecular complexity index is 404. The van der Waals surface area contributed by atoms with Crippen LogP contribution in [0.4, 0.5) is 0 Å². The van der Waals surface area contributed by atoms with E-state index < -0.39 is 0 Å². The minimum atomic E-state index is 0.642. The normalized spacial score (nSPS) is 24.3. The molecule has 17 heavy (non-hydrogen) atoms. The molecular formula is C16H23N. The second kappa shape index (κ2) is 4.13. The lowest BCUT2D eigenvalue weighted by atomic mass is 9.77. The first-order chi connectivity index (χ1) is 8.21. The van der Waals surface area contributed by atoms with E-state index in [0.717, 1.165) is 11.8 Å². The Kier molecular flexibility index (Phi) is 2.74. The number of nitrogens with one attached hydrogen (secondary N) is 1. The van der Waals surface area contributed by atoms with Crippen LogP contribution in [0.5, 0.6) is 0 Å². The monoisotopic (exact) mass is 229 g/mol. The first kappa shape index (κ1) is 11.3. The molecule has 1 fully saturated rings. The molecule has 1 nitrogen and oxygen atoms in total. The largest absolute Gasteiger partial charge is 0.316 e. The van der Waals surface area contributed by atoms with Crippen molar-refractivity contribution < 1.29 is 0 Å². The maximum atomic E-state index is 3.71. The van der Waals surface area contributed by atoms with Crippen molar-refractivity contribution in [3.63, 3.8) is 0 Å². The van der Waals surface area contributed by atoms with Crippen molar-refractivity contribution in [2.75, 3.05) is 13.1 Å². The van der Waals surface area contributed by atoms with Gasteiger partial charge in [-0.15, -0.1) is 0 Å². The summed E-state index contributed by atoms with van der Waals surface area (Å²) in [4.78, 5) is 0. The highest BCUT2D eigenvalue weighted by Gasteiger charge is 2.44. The van der Waals surface area contributed by atoms with Gasteiger partial charge >= 0.3 is 0 Å². The fourth-order valence-corrected chi connectivity index (χ4v) is 3.16. The van der Waals surface area contributed by atoms with E-state index in [2.05, 4.69) is 43.4 Å². The van der Waals surface area contributed by atoms with Crippen LogP contribution < -0.4 is 5.32 Å². The average molecular weight is 229 g/mol. The summed E-state index contributed by atoms with van der Waals surface area (Å²) in [7, 11) is 0. The minimum absolute atomic E-state index is 0.642. The zero-order valence-corrected chi connectivity index (χ0v) is 11.0. The summed E-state index contributed by atoms with van der Waals surface area (Å²) in [6.07, 6.45) is 4.13. The maximum absolute atomic E-state index is 3.71. The predicted molar refractivity (Wildman–Crippen MR) is 72.3 cm³/mol. The van der Waals surface area contributed by atoms with Gasteiger partial charge in [-0.3, -0.25) is 0 Å². The molecule has 1 aromatic rings. The van der Waals surface area contributed by atoms with Gasteiger partial charge < -0.3 is 5.32 Å². The Hall–Kier alpha value is -0.820. The fourth-order valence-electron chi connectivity index (χ4n) is 3.16. The van der Waals surface area contributed by atoms with E-state index in [1.807, 2.05) is 0 Å². The number of rotatable bonds is 5. The van der Waals surface area contributed by atoms with Crippen LogP contribution in [0.15, 0.2) is 24.3 Å². The van der Waals surface area contributed by atoms with Crippen LogP contribution in [0.25, 0.3) is 0 Å². The standard InChI is InChI=1S/C16H23N/c1-12(2)16(7-8-16)11-17-10-14-9-13-5-3-4-6-15(13)14/h3-6,12,14,17H,7-11H2,1-2H3. The summed E-state index contributed by atoms with van der Waals surface area (Å²) in [5.41, 5.74) is 3.78. The van der Waals surface area contributed by atoms with Gasteiger partial charge in [0.05, 0.1) is 0 Å². The summed E-state index contributed by atoms with van der Waals surface area (Å²) in [5, 5.41) is 3.71. The molecule has 1 N–H and O–H groups in total. The predicted octanol–water partition coefficient (Wildman–Crippen LogP) is 3.35. The second-order valence-corrected chi connectivity index (χ2v) is 6.25. The minimum Gasteiger partial charge on any atom is -0.316 e. The first-order valence-corrected chi connectivity index (χ1v) is 7.00. The summed E-state index contributed by atoms with van der Waals surface area (Å²) >= 11 is 0. The van der Waals surface area contributed by atoms with E-state index in [-0.39, 0.29) is 0 Å². The SMILES string of the molecule is CC(C)C1(CNCC2Cc3ccccc32)CC1. The molecule has 1 saturated carbocycles. The first-order valence-electron chi connectivity index (χ1n) is 7.00. The average Bonchev–Trinajstić information content (AvgIpc) is 3.06. The van der Waals surface area contributed by atoms with Crippen LogP contribution in [-0.4, -0.2) is 13.1 Å². The van der Waals surface area contributed by atoms with Crippen molar-refractivity contribution >= 4 is 0 Å². The maximum Gasteiger partial charge on any atom is 0.00236 e. The van der Waals surface area contributed by atoms with Crippen LogP contribution in [0.3, 0.4) is 0 Å². The lowest BCUT2D eigenvalue weighted by molar-refractivity contribution is 0.332. The van der Waals surface area contributed by atoms with E-state index in [0.29, 0.717) is 5.41 Å². The van der Waals surface area contributed by atoms with E-state index in [1.54, 1.807) is 11.1 Å². The van der Waals surface area contributed by atoms with Gasteiger partial charge in [-0.25, -0.2) is 0 Å². The third-order valence-electron chi connectivity index (χ3n) is 4.95. The molecule has 1 aromatic carbocycles. The Morgan fingerprint density at radius 3 is 2.71 bits per heavy atom. The summed E-state index contributed by atoms with van der Waals surface area (Å²) in [5.74, 6) is 1.61. The van der Waals surface area contributed by atoms with Gasteiger partial charge in [0, 0.05) is 19.0 Å². The molecule has 2 aliphatic carbocycles. The Morgan fingerprint density at radius 1 is 1.29 bits per heavy atom. The highest BCUT2D eigenvalue weighted by Crippen LogP contribution is 2.51. The topological polar surface area (TPSA) is 12.0 Å². The smallest absolute Gasteiger partial charge is 0.00236 e. The summed E-state index contributed by atoms with van der Waals surface area (Å²) < 4.78 is 0. The van der Waals surface area contributed by atoms with Crippen molar-refractivity contribution in [3.8, 4) is 0 Å². The molecule has 0 saturated heterocycles. The molecule has 0 bridgehead atoms. The van der Waals surface area contributed by atoms with E-state index in [9.17, 15) is 0 Å². The zero-order chi connectivity index (χ0) is 11.9. The zero-order valence-electron chi connectivity index (χ0n) is 11.0. The molecule has 0 heterocycles. The Balaban J connectivity index is 1.48. The Labute approximate surface area is 105 Å². The molecule has 1 heteroatoms. The highest BCUT2D eigenvalue weighted by atomic mass is 14.9. The highest BCUT2D eigenvalue weighted by molar-refractivity contribution is 5.40. The third kappa shape index (κ3) is 2.01. The van der Waals surface area contributed by atoms with E-state index >= 15 is 0 Å². The van der Waals surface area contributed by atoms with Crippen molar-refractivity contribution in [2.24, 2.45) is 11.3 Å². The van der Waals surface area contributed by atoms with Crippen molar-refractivity contribution in [2.45, 2.75) is 39.0 Å². The number of fused-ring (bicyclic) bond motifs is 1. The number of hydrogen-bond acceptors (Lipinski definition) is 1. The van der Waals surface area contributed by atoms with Crippen LogP contribution in [-0.2, 0) is 6.42 Å². The van der Waals surface area contributed by atoms with Crippen molar-refractivity contribution in [1.82, 2.24) is 5.32 Å². The molecule has 2 aliphatic rings. The second-order valence-electron chi connectivity index (χ2n) is 6.25. The summed E-state index contributed by atoms with van der Waals surface area (Å²) in [6, 6.07) is 8.88. The third-order valence-corrected chi connectivity index (χ3v) is 4.95.